The number of hydrogen-bond acceptors (Lipinski definition) is 4. The molecule has 2 aromatic rings. The third-order valence-corrected chi connectivity index (χ3v) is 6.87. The van der Waals surface area contributed by atoms with Crippen LogP contribution in [0.2, 0.25) is 4.47 Å². The van der Waals surface area contributed by atoms with Crippen LogP contribution in [0.1, 0.15) is 24.4 Å². The van der Waals surface area contributed by atoms with Gasteiger partial charge in [0.05, 0.1) is 12.2 Å². The fraction of sp³-hybridized carbons (Fsp3) is 0.308. The van der Waals surface area contributed by atoms with Gasteiger partial charge in [-0.15, -0.1) is 0 Å². The van der Waals surface area contributed by atoms with Gasteiger partial charge in [0.25, 0.3) is 10.0 Å². The first-order chi connectivity index (χ1) is 9.59. The van der Waals surface area contributed by atoms with Gasteiger partial charge in [-0.05, 0) is 18.4 Å². The fourth-order valence-electron chi connectivity index (χ4n) is 2.51. The molecule has 106 valence electrons. The number of rotatable bonds is 3. The Hall–Kier alpha value is -0.950. The molecule has 3 rings (SSSR count). The van der Waals surface area contributed by atoms with E-state index < -0.39 is 10.0 Å². The van der Waals surface area contributed by atoms with Crippen LogP contribution in [0.5, 0.6) is 0 Å². The summed E-state index contributed by atoms with van der Waals surface area (Å²) >= 11 is 6.75. The minimum absolute atomic E-state index is 0.0953. The Bertz CT molecular complexity index is 700. The molecular weight excluding hydrogens is 316 g/mol. The van der Waals surface area contributed by atoms with Crippen LogP contribution in [-0.2, 0) is 10.0 Å². The third-order valence-electron chi connectivity index (χ3n) is 3.41. The molecule has 4 nitrogen and oxygen atoms in total. The van der Waals surface area contributed by atoms with Crippen LogP contribution in [0.3, 0.4) is 0 Å². The van der Waals surface area contributed by atoms with Gasteiger partial charge in [-0.3, -0.25) is 0 Å². The van der Waals surface area contributed by atoms with Gasteiger partial charge >= 0.3 is 0 Å². The van der Waals surface area contributed by atoms with Gasteiger partial charge in [0.2, 0.25) is 0 Å². The predicted octanol–water partition coefficient (Wildman–Crippen LogP) is 3.32. The summed E-state index contributed by atoms with van der Waals surface area (Å²) in [5.41, 5.74) is 1.03. The van der Waals surface area contributed by atoms with E-state index in [9.17, 15) is 8.42 Å². The molecule has 0 aliphatic carbocycles. The summed E-state index contributed by atoms with van der Waals surface area (Å²) in [7, 11) is -3.51. The zero-order valence-corrected chi connectivity index (χ0v) is 13.0. The summed E-state index contributed by atoms with van der Waals surface area (Å²) in [6, 6.07) is 9.64. The molecule has 1 unspecified atom stereocenters. The highest BCUT2D eigenvalue weighted by Crippen LogP contribution is 2.37. The van der Waals surface area contributed by atoms with E-state index in [2.05, 4.69) is 4.98 Å². The average molecular weight is 329 g/mol. The predicted molar refractivity (Wildman–Crippen MR) is 79.4 cm³/mol. The van der Waals surface area contributed by atoms with Crippen LogP contribution in [-0.4, -0.2) is 24.3 Å². The van der Waals surface area contributed by atoms with E-state index in [1.165, 1.54) is 6.20 Å². The fourth-order valence-corrected chi connectivity index (χ4v) is 5.62. The first-order valence-corrected chi connectivity index (χ1v) is 8.90. The Kier molecular flexibility index (Phi) is 3.81. The van der Waals surface area contributed by atoms with Crippen LogP contribution in [0.25, 0.3) is 0 Å². The second kappa shape index (κ2) is 5.44. The van der Waals surface area contributed by atoms with Gasteiger partial charge in [0.1, 0.15) is 0 Å². The summed E-state index contributed by atoms with van der Waals surface area (Å²) in [4.78, 5) is 3.83. The van der Waals surface area contributed by atoms with Crippen molar-refractivity contribution in [3.63, 3.8) is 0 Å². The maximum atomic E-state index is 12.7. The monoisotopic (exact) mass is 328 g/mol. The van der Waals surface area contributed by atoms with E-state index in [1.807, 2.05) is 30.3 Å². The standard InChI is InChI=1S/C13H13ClN2O2S2/c14-13-15-9-12(19-13)20(17,18)16-8-4-7-11(16)10-5-2-1-3-6-10/h1-3,5-6,9,11H,4,7-8H2. The molecule has 1 aliphatic rings. The summed E-state index contributed by atoms with van der Waals surface area (Å²) in [6.45, 7) is 0.539. The van der Waals surface area contributed by atoms with Crippen LogP contribution in [0.4, 0.5) is 0 Å². The van der Waals surface area contributed by atoms with E-state index in [4.69, 9.17) is 11.6 Å². The lowest BCUT2D eigenvalue weighted by molar-refractivity contribution is 0.398. The Labute approximate surface area is 127 Å². The summed E-state index contributed by atoms with van der Waals surface area (Å²) in [6.07, 6.45) is 3.05. The van der Waals surface area contributed by atoms with Gasteiger partial charge in [0, 0.05) is 6.54 Å². The molecule has 1 fully saturated rings. The molecule has 0 radical (unpaired) electrons. The Morgan fingerprint density at radius 2 is 2.05 bits per heavy atom. The van der Waals surface area contributed by atoms with E-state index in [0.717, 1.165) is 29.7 Å². The molecule has 0 N–H and O–H groups in total. The van der Waals surface area contributed by atoms with E-state index in [0.29, 0.717) is 6.54 Å². The normalized spacial score (nSPS) is 20.4. The van der Waals surface area contributed by atoms with Gasteiger partial charge in [-0.1, -0.05) is 53.3 Å². The molecule has 1 aliphatic heterocycles. The number of benzene rings is 1. The molecule has 1 aromatic carbocycles. The molecule has 0 amide bonds. The average Bonchev–Trinajstić information content (AvgIpc) is 3.08. The molecule has 7 heteroatoms. The molecule has 1 aromatic heterocycles. The van der Waals surface area contributed by atoms with Crippen molar-refractivity contribution in [2.45, 2.75) is 23.1 Å². The van der Waals surface area contributed by atoms with Crippen molar-refractivity contribution in [1.29, 1.82) is 0 Å². The zero-order chi connectivity index (χ0) is 14.2. The summed E-state index contributed by atoms with van der Waals surface area (Å²) in [5, 5.41) is 0. The number of hydrogen-bond donors (Lipinski definition) is 0. The summed E-state index contributed by atoms with van der Waals surface area (Å²) < 4.78 is 27.4. The van der Waals surface area contributed by atoms with Gasteiger partial charge in [-0.25, -0.2) is 13.4 Å². The highest BCUT2D eigenvalue weighted by Gasteiger charge is 2.37. The van der Waals surface area contributed by atoms with Crippen molar-refractivity contribution >= 4 is 33.0 Å². The van der Waals surface area contributed by atoms with Crippen molar-refractivity contribution in [2.24, 2.45) is 0 Å². The topological polar surface area (TPSA) is 50.3 Å². The second-order valence-corrected chi connectivity index (χ2v) is 8.35. The molecular formula is C13H13ClN2O2S2. The van der Waals surface area contributed by atoms with Crippen molar-refractivity contribution < 1.29 is 8.42 Å². The Morgan fingerprint density at radius 1 is 1.30 bits per heavy atom. The number of halogens is 1. The number of thiazole rings is 1. The first kappa shape index (κ1) is 14.0. The Balaban J connectivity index is 1.97. The van der Waals surface area contributed by atoms with Crippen LogP contribution < -0.4 is 0 Å². The van der Waals surface area contributed by atoms with Crippen molar-refractivity contribution in [1.82, 2.24) is 9.29 Å². The number of aromatic nitrogens is 1. The first-order valence-electron chi connectivity index (χ1n) is 6.27. The van der Waals surface area contributed by atoms with Crippen molar-refractivity contribution in [2.75, 3.05) is 6.54 Å². The smallest absolute Gasteiger partial charge is 0.232 e. The highest BCUT2D eigenvalue weighted by molar-refractivity contribution is 7.91. The third kappa shape index (κ3) is 2.48. The maximum Gasteiger partial charge on any atom is 0.254 e. The minimum Gasteiger partial charge on any atom is -0.232 e. The van der Waals surface area contributed by atoms with Gasteiger partial charge in [0.15, 0.2) is 8.68 Å². The Morgan fingerprint density at radius 3 is 2.70 bits per heavy atom. The van der Waals surface area contributed by atoms with Crippen LogP contribution >= 0.6 is 22.9 Å². The van der Waals surface area contributed by atoms with E-state index in [1.54, 1.807) is 4.31 Å². The highest BCUT2D eigenvalue weighted by atomic mass is 35.5. The molecule has 1 atom stereocenters. The van der Waals surface area contributed by atoms with Crippen molar-refractivity contribution in [3.8, 4) is 0 Å². The van der Waals surface area contributed by atoms with E-state index >= 15 is 0 Å². The molecule has 0 spiro atoms. The second-order valence-electron chi connectivity index (χ2n) is 4.62. The van der Waals surface area contributed by atoms with Crippen LogP contribution in [0.15, 0.2) is 40.7 Å². The quantitative estimate of drug-likeness (QED) is 0.868. The van der Waals surface area contributed by atoms with E-state index in [-0.39, 0.29) is 14.7 Å². The molecule has 0 bridgehead atoms. The largest absolute Gasteiger partial charge is 0.254 e. The molecule has 20 heavy (non-hydrogen) atoms. The lowest BCUT2D eigenvalue weighted by Gasteiger charge is -2.23. The summed E-state index contributed by atoms with van der Waals surface area (Å²) in [5.74, 6) is 0. The van der Waals surface area contributed by atoms with Crippen molar-refractivity contribution in [3.05, 3.63) is 46.6 Å². The zero-order valence-electron chi connectivity index (χ0n) is 10.6. The van der Waals surface area contributed by atoms with Crippen LogP contribution in [0, 0.1) is 0 Å². The lowest BCUT2D eigenvalue weighted by Crippen LogP contribution is -2.30. The number of sulfonamides is 1. The molecule has 2 heterocycles. The minimum atomic E-state index is -3.51. The number of nitrogens with zero attached hydrogens (tertiary/aromatic N) is 2. The van der Waals surface area contributed by atoms with Gasteiger partial charge in [-0.2, -0.15) is 4.31 Å². The maximum absolute atomic E-state index is 12.7. The van der Waals surface area contributed by atoms with Gasteiger partial charge < -0.3 is 0 Å². The SMILES string of the molecule is O=S(=O)(c1cnc(Cl)s1)N1CCCC1c1ccccc1. The molecule has 0 saturated carbocycles. The lowest BCUT2D eigenvalue weighted by atomic mass is 10.1. The molecule has 1 saturated heterocycles.